The van der Waals surface area contributed by atoms with Crippen LogP contribution < -0.4 is 15.8 Å². The monoisotopic (exact) mass is 491 g/mol. The molecule has 2 aromatic carbocycles. The van der Waals surface area contributed by atoms with Gasteiger partial charge in [0.1, 0.15) is 23.4 Å². The number of ether oxygens (including phenoxy) is 1. The number of aliphatic hydroxyl groups is 1. The molecular formula is C26H23F2N5O3. The minimum Gasteiger partial charge on any atom is -0.497 e. The van der Waals surface area contributed by atoms with Gasteiger partial charge < -0.3 is 26.3 Å². The van der Waals surface area contributed by atoms with Gasteiger partial charge in [0.25, 0.3) is 0 Å². The SMILES string of the molecule is COc1cc(CO)cc(NC(C(=O)C(C=N)=C(N)c2cc(F)cc(F)c2)c2cccc3ccnn23)c1. The molecule has 0 saturated carbocycles. The van der Waals surface area contributed by atoms with Crippen molar-refractivity contribution in [1.29, 1.82) is 5.41 Å². The van der Waals surface area contributed by atoms with Gasteiger partial charge in [0, 0.05) is 35.8 Å². The lowest BCUT2D eigenvalue weighted by Crippen LogP contribution is -2.27. The number of ketones is 1. The number of nitrogens with one attached hydrogen (secondary N) is 2. The smallest absolute Gasteiger partial charge is 0.194 e. The number of anilines is 1. The van der Waals surface area contributed by atoms with Crippen LogP contribution in [0.25, 0.3) is 11.2 Å². The number of hydrogen-bond donors (Lipinski definition) is 4. The quantitative estimate of drug-likeness (QED) is 0.208. The van der Waals surface area contributed by atoms with Crippen LogP contribution in [0.1, 0.15) is 22.9 Å². The number of aliphatic hydroxyl groups excluding tert-OH is 1. The van der Waals surface area contributed by atoms with Gasteiger partial charge in [0.15, 0.2) is 5.78 Å². The summed E-state index contributed by atoms with van der Waals surface area (Å²) in [4.78, 5) is 13.9. The van der Waals surface area contributed by atoms with E-state index in [1.54, 1.807) is 47.1 Å². The van der Waals surface area contributed by atoms with Crippen LogP contribution in [0.15, 0.2) is 72.4 Å². The van der Waals surface area contributed by atoms with Gasteiger partial charge in [-0.05, 0) is 48.0 Å². The molecule has 0 saturated heterocycles. The van der Waals surface area contributed by atoms with E-state index >= 15 is 0 Å². The third-order valence-electron chi connectivity index (χ3n) is 5.58. The summed E-state index contributed by atoms with van der Waals surface area (Å²) >= 11 is 0. The zero-order valence-electron chi connectivity index (χ0n) is 19.2. The van der Waals surface area contributed by atoms with E-state index < -0.39 is 23.5 Å². The molecule has 4 aromatic rings. The number of carbonyl (C=O) groups is 1. The van der Waals surface area contributed by atoms with Gasteiger partial charge >= 0.3 is 0 Å². The highest BCUT2D eigenvalue weighted by Crippen LogP contribution is 2.29. The maximum atomic E-state index is 13.9. The third-order valence-corrected chi connectivity index (χ3v) is 5.58. The van der Waals surface area contributed by atoms with Crippen molar-refractivity contribution in [3.63, 3.8) is 0 Å². The predicted octanol–water partition coefficient (Wildman–Crippen LogP) is 3.86. The van der Waals surface area contributed by atoms with Gasteiger partial charge in [0.2, 0.25) is 0 Å². The Bertz CT molecular complexity index is 1440. The molecule has 5 N–H and O–H groups in total. The summed E-state index contributed by atoms with van der Waals surface area (Å²) in [6.07, 6.45) is 2.33. The number of benzene rings is 2. The summed E-state index contributed by atoms with van der Waals surface area (Å²) in [6.45, 7) is -0.261. The van der Waals surface area contributed by atoms with Gasteiger partial charge in [-0.2, -0.15) is 5.10 Å². The lowest BCUT2D eigenvalue weighted by atomic mass is 9.96. The van der Waals surface area contributed by atoms with Crippen molar-refractivity contribution in [2.45, 2.75) is 12.6 Å². The Kier molecular flexibility index (Phi) is 7.07. The molecule has 2 aromatic heterocycles. The summed E-state index contributed by atoms with van der Waals surface area (Å²) in [5, 5.41) is 25.0. The highest BCUT2D eigenvalue weighted by atomic mass is 19.1. The molecule has 4 rings (SSSR count). The van der Waals surface area contributed by atoms with Gasteiger partial charge in [-0.25, -0.2) is 13.3 Å². The highest BCUT2D eigenvalue weighted by Gasteiger charge is 2.28. The Morgan fingerprint density at radius 1 is 1.19 bits per heavy atom. The van der Waals surface area contributed by atoms with Crippen molar-refractivity contribution in [3.05, 3.63) is 101 Å². The summed E-state index contributed by atoms with van der Waals surface area (Å²) < 4.78 is 34.5. The zero-order valence-corrected chi connectivity index (χ0v) is 19.2. The van der Waals surface area contributed by atoms with Gasteiger partial charge in [0.05, 0.1) is 36.2 Å². The van der Waals surface area contributed by atoms with E-state index in [9.17, 15) is 18.7 Å². The summed E-state index contributed by atoms with van der Waals surface area (Å²) in [5.74, 6) is -1.92. The molecule has 1 unspecified atom stereocenters. The normalized spacial score (nSPS) is 12.7. The van der Waals surface area contributed by atoms with Crippen LogP contribution >= 0.6 is 0 Å². The minimum atomic E-state index is -1.12. The van der Waals surface area contributed by atoms with Gasteiger partial charge in [-0.3, -0.25) is 4.79 Å². The molecule has 8 nitrogen and oxygen atoms in total. The Labute approximate surface area is 205 Å². The zero-order chi connectivity index (χ0) is 25.8. The third kappa shape index (κ3) is 4.93. The molecule has 0 aliphatic carbocycles. The summed E-state index contributed by atoms with van der Waals surface area (Å²) in [5.41, 5.74) is 7.70. The average Bonchev–Trinajstić information content (AvgIpc) is 3.36. The van der Waals surface area contributed by atoms with Gasteiger partial charge in [-0.15, -0.1) is 0 Å². The number of halogens is 2. The van der Waals surface area contributed by atoms with E-state index in [4.69, 9.17) is 15.9 Å². The van der Waals surface area contributed by atoms with E-state index in [-0.39, 0.29) is 23.4 Å². The standard InChI is InChI=1S/C26H23F2N5O3/c1-36-21-8-15(14-34)7-19(12-21)32-25(23-4-2-3-20-5-6-31-33(20)23)26(35)22(13-29)24(30)16-9-17(27)11-18(28)10-16/h2-13,25,29,32,34H,14,30H2,1H3. The summed E-state index contributed by atoms with van der Waals surface area (Å²) in [6, 6.07) is 13.5. The van der Waals surface area contributed by atoms with Crippen molar-refractivity contribution in [1.82, 2.24) is 9.61 Å². The molecule has 0 aliphatic rings. The molecule has 0 radical (unpaired) electrons. The molecule has 36 heavy (non-hydrogen) atoms. The first-order valence-corrected chi connectivity index (χ1v) is 10.8. The molecule has 2 heterocycles. The Hall–Kier alpha value is -4.57. The van der Waals surface area contributed by atoms with Crippen LogP contribution in [-0.2, 0) is 11.4 Å². The second-order valence-electron chi connectivity index (χ2n) is 7.92. The molecule has 10 heteroatoms. The maximum absolute atomic E-state index is 13.9. The van der Waals surface area contributed by atoms with Crippen LogP contribution in [0.2, 0.25) is 0 Å². The number of nitrogens with zero attached hydrogens (tertiary/aromatic N) is 2. The number of pyridine rings is 1. The van der Waals surface area contributed by atoms with Crippen molar-refractivity contribution in [2.75, 3.05) is 12.4 Å². The van der Waals surface area contributed by atoms with Crippen molar-refractivity contribution >= 4 is 28.9 Å². The van der Waals surface area contributed by atoms with Gasteiger partial charge in [-0.1, -0.05) is 6.07 Å². The fourth-order valence-corrected chi connectivity index (χ4v) is 3.89. The largest absolute Gasteiger partial charge is 0.497 e. The van der Waals surface area contributed by atoms with E-state index in [1.807, 2.05) is 6.07 Å². The summed E-state index contributed by atoms with van der Waals surface area (Å²) in [7, 11) is 1.47. The number of carbonyl (C=O) groups excluding carboxylic acids is 1. The molecule has 1 atom stereocenters. The number of nitrogens with two attached hydrogens (primary N) is 1. The number of Topliss-reactive ketones (excluding diaryl/α,β-unsaturated/α-hetero) is 1. The average molecular weight is 491 g/mol. The molecule has 0 aliphatic heterocycles. The number of rotatable bonds is 9. The van der Waals surface area contributed by atoms with Crippen LogP contribution in [-0.4, -0.2) is 33.8 Å². The second kappa shape index (κ2) is 10.4. The topological polar surface area (TPSA) is 126 Å². The minimum absolute atomic E-state index is 0.0701. The van der Waals surface area contributed by atoms with E-state index in [0.29, 0.717) is 34.3 Å². The lowest BCUT2D eigenvalue weighted by molar-refractivity contribution is -0.115. The maximum Gasteiger partial charge on any atom is 0.194 e. The first-order chi connectivity index (χ1) is 17.3. The molecule has 0 bridgehead atoms. The fourth-order valence-electron chi connectivity index (χ4n) is 3.89. The molecule has 0 amide bonds. The van der Waals surface area contributed by atoms with Crippen LogP contribution in [0.3, 0.4) is 0 Å². The Balaban J connectivity index is 1.87. The molecule has 0 fully saturated rings. The number of hydrogen-bond acceptors (Lipinski definition) is 7. The number of aromatic nitrogens is 2. The number of methoxy groups -OCH3 is 1. The lowest BCUT2D eigenvalue weighted by Gasteiger charge is -2.22. The first kappa shape index (κ1) is 24.6. The Morgan fingerprint density at radius 3 is 2.61 bits per heavy atom. The van der Waals surface area contributed by atoms with Crippen molar-refractivity contribution < 1.29 is 23.4 Å². The van der Waals surface area contributed by atoms with Crippen molar-refractivity contribution in [2.24, 2.45) is 5.73 Å². The van der Waals surface area contributed by atoms with Crippen LogP contribution in [0.4, 0.5) is 14.5 Å². The first-order valence-electron chi connectivity index (χ1n) is 10.8. The second-order valence-corrected chi connectivity index (χ2v) is 7.92. The van der Waals surface area contributed by atoms with E-state index in [1.165, 1.54) is 7.11 Å². The predicted molar refractivity (Wildman–Crippen MR) is 132 cm³/mol. The highest BCUT2D eigenvalue weighted by molar-refractivity contribution is 6.20. The van der Waals surface area contributed by atoms with Crippen LogP contribution in [0.5, 0.6) is 5.75 Å². The van der Waals surface area contributed by atoms with E-state index in [2.05, 4.69) is 10.4 Å². The molecular weight excluding hydrogens is 468 g/mol. The van der Waals surface area contributed by atoms with Crippen LogP contribution in [0, 0.1) is 17.0 Å². The molecule has 184 valence electrons. The number of fused-ring (bicyclic) bond motifs is 1. The Morgan fingerprint density at radius 2 is 1.94 bits per heavy atom. The van der Waals surface area contributed by atoms with E-state index in [0.717, 1.165) is 18.3 Å². The van der Waals surface area contributed by atoms with Crippen molar-refractivity contribution in [3.8, 4) is 5.75 Å². The fraction of sp³-hybridized carbons (Fsp3) is 0.115. The molecule has 0 spiro atoms.